The molecule has 0 atom stereocenters. The summed E-state index contributed by atoms with van der Waals surface area (Å²) in [5.74, 6) is -0.461. The molecule has 0 saturated carbocycles. The number of nitrogens with zero attached hydrogens (tertiary/aromatic N) is 4. The molecule has 6 nitrogen and oxygen atoms in total. The van der Waals surface area contributed by atoms with Crippen molar-refractivity contribution < 1.29 is 9.18 Å². The van der Waals surface area contributed by atoms with Crippen LogP contribution in [0.25, 0.3) is 0 Å². The van der Waals surface area contributed by atoms with Crippen molar-refractivity contribution in [2.75, 3.05) is 11.1 Å². The molecule has 2 aromatic rings. The minimum Gasteiger partial charge on any atom is -0.325 e. The van der Waals surface area contributed by atoms with Gasteiger partial charge >= 0.3 is 0 Å². The Morgan fingerprint density at radius 3 is 3.00 bits per heavy atom. The number of carbonyl (C=O) groups excluding carboxylic acids is 1. The number of tetrazole rings is 1. The second-order valence-corrected chi connectivity index (χ2v) is 4.82. The minimum absolute atomic E-state index is 0.157. The van der Waals surface area contributed by atoms with E-state index < -0.39 is 0 Å². The van der Waals surface area contributed by atoms with E-state index >= 15 is 0 Å². The van der Waals surface area contributed by atoms with Crippen LogP contribution in [0.1, 0.15) is 5.56 Å². The van der Waals surface area contributed by atoms with Gasteiger partial charge in [-0.2, -0.15) is 0 Å². The number of thioether (sulfide) groups is 1. The van der Waals surface area contributed by atoms with E-state index in [4.69, 9.17) is 0 Å². The highest BCUT2D eigenvalue weighted by Crippen LogP contribution is 2.17. The molecule has 1 amide bonds. The zero-order valence-electron chi connectivity index (χ0n) is 10.4. The SMILES string of the molecule is Cc1ccc(F)cc1NC(=O)CSc1nnnn1C. The number of anilines is 1. The topological polar surface area (TPSA) is 72.7 Å². The lowest BCUT2D eigenvalue weighted by Crippen LogP contribution is -2.15. The van der Waals surface area contributed by atoms with Crippen LogP contribution < -0.4 is 5.32 Å². The van der Waals surface area contributed by atoms with Crippen LogP contribution in [0.5, 0.6) is 0 Å². The average molecular weight is 281 g/mol. The smallest absolute Gasteiger partial charge is 0.234 e. The molecule has 0 fully saturated rings. The largest absolute Gasteiger partial charge is 0.325 e. The van der Waals surface area contributed by atoms with Crippen LogP contribution >= 0.6 is 11.8 Å². The Balaban J connectivity index is 1.94. The zero-order chi connectivity index (χ0) is 13.8. The van der Waals surface area contributed by atoms with E-state index in [-0.39, 0.29) is 17.5 Å². The molecule has 1 N–H and O–H groups in total. The van der Waals surface area contributed by atoms with Gasteiger partial charge in [0.2, 0.25) is 11.1 Å². The van der Waals surface area contributed by atoms with Gasteiger partial charge in [-0.1, -0.05) is 17.8 Å². The van der Waals surface area contributed by atoms with Crippen molar-refractivity contribution in [3.8, 4) is 0 Å². The quantitative estimate of drug-likeness (QED) is 0.857. The van der Waals surface area contributed by atoms with Crippen LogP contribution in [-0.2, 0) is 11.8 Å². The molecule has 2 rings (SSSR count). The van der Waals surface area contributed by atoms with Crippen LogP contribution in [0.2, 0.25) is 0 Å². The third-order valence-electron chi connectivity index (χ3n) is 2.39. The number of rotatable bonds is 4. The van der Waals surface area contributed by atoms with Crippen molar-refractivity contribution in [3.05, 3.63) is 29.6 Å². The Morgan fingerprint density at radius 1 is 1.53 bits per heavy atom. The molecule has 1 heterocycles. The summed E-state index contributed by atoms with van der Waals surface area (Å²) in [4.78, 5) is 11.8. The van der Waals surface area contributed by atoms with Gasteiger partial charge in [0.25, 0.3) is 0 Å². The van der Waals surface area contributed by atoms with Crippen LogP contribution in [-0.4, -0.2) is 31.9 Å². The van der Waals surface area contributed by atoms with Crippen molar-refractivity contribution in [1.82, 2.24) is 20.2 Å². The average Bonchev–Trinajstić information content (AvgIpc) is 2.77. The number of carbonyl (C=O) groups is 1. The number of hydrogen-bond donors (Lipinski definition) is 1. The minimum atomic E-state index is -0.383. The number of hydrogen-bond acceptors (Lipinski definition) is 5. The Hall–Kier alpha value is -1.96. The van der Waals surface area contributed by atoms with E-state index in [9.17, 15) is 9.18 Å². The van der Waals surface area contributed by atoms with Gasteiger partial charge in [0.1, 0.15) is 5.82 Å². The second-order valence-electron chi connectivity index (χ2n) is 3.88. The van der Waals surface area contributed by atoms with Crippen molar-refractivity contribution in [1.29, 1.82) is 0 Å². The number of amides is 1. The standard InChI is InChI=1S/C11H12FN5OS/c1-7-3-4-8(12)5-9(7)13-10(18)6-19-11-14-15-16-17(11)2/h3-5H,6H2,1-2H3,(H,13,18). The van der Waals surface area contributed by atoms with Crippen molar-refractivity contribution in [2.45, 2.75) is 12.1 Å². The number of nitrogens with one attached hydrogen (secondary N) is 1. The summed E-state index contributed by atoms with van der Waals surface area (Å²) in [6.07, 6.45) is 0. The Kier molecular flexibility index (Phi) is 4.10. The number of aromatic nitrogens is 4. The van der Waals surface area contributed by atoms with E-state index in [0.29, 0.717) is 10.8 Å². The summed E-state index contributed by atoms with van der Waals surface area (Å²) in [6, 6.07) is 4.26. The van der Waals surface area contributed by atoms with E-state index in [1.807, 2.05) is 0 Å². The van der Waals surface area contributed by atoms with Crippen LogP contribution in [0.3, 0.4) is 0 Å². The number of benzene rings is 1. The van der Waals surface area contributed by atoms with Crippen molar-refractivity contribution in [2.24, 2.45) is 7.05 Å². The lowest BCUT2D eigenvalue weighted by molar-refractivity contribution is -0.113. The fourth-order valence-corrected chi connectivity index (χ4v) is 2.04. The summed E-state index contributed by atoms with van der Waals surface area (Å²) < 4.78 is 14.6. The predicted octanol–water partition coefficient (Wildman–Crippen LogP) is 1.39. The molecule has 100 valence electrons. The van der Waals surface area contributed by atoms with E-state index in [1.54, 1.807) is 20.0 Å². The van der Waals surface area contributed by atoms with Gasteiger partial charge < -0.3 is 5.32 Å². The molecule has 0 unspecified atom stereocenters. The fraction of sp³-hybridized carbons (Fsp3) is 0.273. The maximum atomic E-state index is 13.1. The lowest BCUT2D eigenvalue weighted by Gasteiger charge is -2.07. The summed E-state index contributed by atoms with van der Waals surface area (Å²) in [7, 11) is 1.69. The van der Waals surface area contributed by atoms with Crippen LogP contribution in [0.4, 0.5) is 10.1 Å². The first kappa shape index (κ1) is 13.5. The maximum absolute atomic E-state index is 13.1. The summed E-state index contributed by atoms with van der Waals surface area (Å²) >= 11 is 1.21. The molecule has 0 aliphatic rings. The monoisotopic (exact) mass is 281 g/mol. The first-order valence-corrected chi connectivity index (χ1v) is 6.46. The summed E-state index contributed by atoms with van der Waals surface area (Å²) in [5.41, 5.74) is 1.28. The molecular formula is C11H12FN5OS. The van der Waals surface area contributed by atoms with Crippen molar-refractivity contribution in [3.63, 3.8) is 0 Å². The molecule has 1 aromatic carbocycles. The Labute approximate surface area is 113 Å². The molecule has 0 spiro atoms. The van der Waals surface area contributed by atoms with Crippen LogP contribution in [0, 0.1) is 12.7 Å². The molecule has 0 aliphatic carbocycles. The number of halogens is 1. The summed E-state index contributed by atoms with van der Waals surface area (Å²) in [5, 5.41) is 14.1. The van der Waals surface area contributed by atoms with Gasteiger partial charge in [0.05, 0.1) is 5.75 Å². The van der Waals surface area contributed by atoms with Gasteiger partial charge in [-0.25, -0.2) is 9.07 Å². The Morgan fingerprint density at radius 2 is 2.32 bits per heavy atom. The third-order valence-corrected chi connectivity index (χ3v) is 3.40. The number of aryl methyl sites for hydroxylation is 2. The second kappa shape index (κ2) is 5.79. The van der Waals surface area contributed by atoms with Gasteiger partial charge in [-0.05, 0) is 35.0 Å². The van der Waals surface area contributed by atoms with Crippen molar-refractivity contribution >= 4 is 23.4 Å². The zero-order valence-corrected chi connectivity index (χ0v) is 11.2. The maximum Gasteiger partial charge on any atom is 0.234 e. The third kappa shape index (κ3) is 3.50. The van der Waals surface area contributed by atoms with Gasteiger partial charge in [0, 0.05) is 12.7 Å². The molecule has 0 saturated heterocycles. The highest BCUT2D eigenvalue weighted by molar-refractivity contribution is 7.99. The van der Waals surface area contributed by atoms with E-state index in [1.165, 1.54) is 28.6 Å². The van der Waals surface area contributed by atoms with Gasteiger partial charge in [-0.15, -0.1) is 5.10 Å². The molecule has 1 aromatic heterocycles. The molecule has 0 bridgehead atoms. The molecule has 0 aliphatic heterocycles. The first-order chi connectivity index (χ1) is 9.06. The van der Waals surface area contributed by atoms with Crippen LogP contribution in [0.15, 0.2) is 23.4 Å². The normalized spacial score (nSPS) is 10.5. The predicted molar refractivity (Wildman–Crippen MR) is 69.3 cm³/mol. The summed E-state index contributed by atoms with van der Waals surface area (Å²) in [6.45, 7) is 1.80. The molecule has 0 radical (unpaired) electrons. The lowest BCUT2D eigenvalue weighted by atomic mass is 10.2. The first-order valence-electron chi connectivity index (χ1n) is 5.47. The molecule has 8 heteroatoms. The van der Waals surface area contributed by atoms with Gasteiger partial charge in [0.15, 0.2) is 0 Å². The molecule has 19 heavy (non-hydrogen) atoms. The fourth-order valence-electron chi connectivity index (χ4n) is 1.39. The highest BCUT2D eigenvalue weighted by Gasteiger charge is 2.09. The van der Waals surface area contributed by atoms with E-state index in [0.717, 1.165) is 5.56 Å². The highest BCUT2D eigenvalue weighted by atomic mass is 32.2. The molecular weight excluding hydrogens is 269 g/mol. The van der Waals surface area contributed by atoms with Gasteiger partial charge in [-0.3, -0.25) is 4.79 Å². The Bertz CT molecular complexity index is 601. The van der Waals surface area contributed by atoms with E-state index in [2.05, 4.69) is 20.8 Å².